The van der Waals surface area contributed by atoms with Crippen LogP contribution >= 0.6 is 0 Å². The molecule has 0 spiro atoms. The zero-order valence-corrected chi connectivity index (χ0v) is 15.8. The molecule has 146 valence electrons. The number of nitrogens with zero attached hydrogens (tertiary/aromatic N) is 2. The van der Waals surface area contributed by atoms with Crippen molar-refractivity contribution in [3.8, 4) is 0 Å². The Morgan fingerprint density at radius 1 is 1.03 bits per heavy atom. The molecular weight excluding hydrogens is 369 g/mol. The van der Waals surface area contributed by atoms with Gasteiger partial charge in [-0.15, -0.1) is 0 Å². The number of anilines is 1. The zero-order valence-electron chi connectivity index (χ0n) is 15.8. The van der Waals surface area contributed by atoms with Gasteiger partial charge in [0.15, 0.2) is 0 Å². The van der Waals surface area contributed by atoms with E-state index < -0.39 is 0 Å². The second kappa shape index (κ2) is 8.22. The van der Waals surface area contributed by atoms with Crippen molar-refractivity contribution in [2.75, 3.05) is 18.0 Å². The van der Waals surface area contributed by atoms with E-state index in [1.807, 2.05) is 24.3 Å². The largest absolute Gasteiger partial charge is 0.352 e. The maximum absolute atomic E-state index is 12.9. The van der Waals surface area contributed by atoms with Crippen LogP contribution in [0.3, 0.4) is 0 Å². The molecule has 2 heterocycles. The van der Waals surface area contributed by atoms with E-state index in [4.69, 9.17) is 0 Å². The van der Waals surface area contributed by atoms with Crippen LogP contribution in [0.25, 0.3) is 0 Å². The highest BCUT2D eigenvalue weighted by atomic mass is 19.1. The van der Waals surface area contributed by atoms with Gasteiger partial charge >= 0.3 is 0 Å². The molecule has 1 N–H and O–H groups in total. The molecule has 29 heavy (non-hydrogen) atoms. The number of halogens is 1. The maximum Gasteiger partial charge on any atom is 0.259 e. The highest BCUT2D eigenvalue weighted by Crippen LogP contribution is 2.28. The number of rotatable bonds is 5. The van der Waals surface area contributed by atoms with Gasteiger partial charge in [-0.2, -0.15) is 0 Å². The average molecular weight is 389 g/mol. The molecule has 5 nitrogen and oxygen atoms in total. The van der Waals surface area contributed by atoms with E-state index in [-0.39, 0.29) is 17.6 Å². The fourth-order valence-corrected chi connectivity index (χ4v) is 3.46. The van der Waals surface area contributed by atoms with Gasteiger partial charge in [0.25, 0.3) is 11.8 Å². The van der Waals surface area contributed by atoms with E-state index >= 15 is 0 Å². The summed E-state index contributed by atoms with van der Waals surface area (Å²) in [6, 6.07) is 15.6. The number of benzene rings is 2. The third-order valence-corrected chi connectivity index (χ3v) is 4.99. The Morgan fingerprint density at radius 3 is 2.62 bits per heavy atom. The first-order valence-corrected chi connectivity index (χ1v) is 9.49. The van der Waals surface area contributed by atoms with Crippen LogP contribution in [0.2, 0.25) is 0 Å². The minimum absolute atomic E-state index is 0.164. The van der Waals surface area contributed by atoms with Crippen molar-refractivity contribution in [2.45, 2.75) is 12.8 Å². The van der Waals surface area contributed by atoms with E-state index in [0.717, 1.165) is 23.2 Å². The Labute approximate surface area is 168 Å². The Balaban J connectivity index is 1.41. The summed E-state index contributed by atoms with van der Waals surface area (Å²) >= 11 is 0. The molecule has 2 amide bonds. The molecule has 1 aliphatic heterocycles. The average Bonchev–Trinajstić information content (AvgIpc) is 3.19. The Morgan fingerprint density at radius 2 is 1.79 bits per heavy atom. The fraction of sp³-hybridized carbons (Fsp3) is 0.174. The number of amides is 2. The van der Waals surface area contributed by atoms with Crippen LogP contribution in [0.5, 0.6) is 0 Å². The Bertz CT molecular complexity index is 1050. The van der Waals surface area contributed by atoms with Crippen molar-refractivity contribution in [1.82, 2.24) is 10.3 Å². The van der Waals surface area contributed by atoms with Gasteiger partial charge in [0.2, 0.25) is 0 Å². The quantitative estimate of drug-likeness (QED) is 0.728. The van der Waals surface area contributed by atoms with Gasteiger partial charge in [-0.3, -0.25) is 14.6 Å². The standard InChI is InChI=1S/C23H20FN3O2/c24-20-7-5-16(6-8-20)9-11-26-22(28)18-13-19(15-25-14-18)23(29)27-12-10-17-3-1-2-4-21(17)27/h1-8,13-15H,9-12H2,(H,26,28). The smallest absolute Gasteiger partial charge is 0.259 e. The first-order chi connectivity index (χ1) is 14.1. The summed E-state index contributed by atoms with van der Waals surface area (Å²) in [6.07, 6.45) is 4.34. The second-order valence-electron chi connectivity index (χ2n) is 6.93. The molecule has 0 saturated heterocycles. The van der Waals surface area contributed by atoms with Crippen LogP contribution < -0.4 is 10.2 Å². The normalized spacial score (nSPS) is 12.5. The summed E-state index contributed by atoms with van der Waals surface area (Å²) in [5, 5.41) is 2.82. The van der Waals surface area contributed by atoms with Gasteiger partial charge in [0.05, 0.1) is 11.1 Å². The van der Waals surface area contributed by atoms with Crippen molar-refractivity contribution < 1.29 is 14.0 Å². The lowest BCUT2D eigenvalue weighted by atomic mass is 10.1. The van der Waals surface area contributed by atoms with Crippen molar-refractivity contribution in [3.63, 3.8) is 0 Å². The monoisotopic (exact) mass is 389 g/mol. The van der Waals surface area contributed by atoms with Gasteiger partial charge in [-0.05, 0) is 48.2 Å². The van der Waals surface area contributed by atoms with Crippen molar-refractivity contribution in [1.29, 1.82) is 0 Å². The summed E-state index contributed by atoms with van der Waals surface area (Å²) in [6.45, 7) is 1.02. The summed E-state index contributed by atoms with van der Waals surface area (Å²) in [5.74, 6) is -0.745. The number of para-hydroxylation sites is 1. The van der Waals surface area contributed by atoms with Crippen LogP contribution in [-0.4, -0.2) is 29.9 Å². The predicted molar refractivity (Wildman–Crippen MR) is 108 cm³/mol. The van der Waals surface area contributed by atoms with Crippen LogP contribution in [0.1, 0.15) is 31.8 Å². The first kappa shape index (κ1) is 18.8. The van der Waals surface area contributed by atoms with Crippen LogP contribution in [0.15, 0.2) is 67.0 Å². The second-order valence-corrected chi connectivity index (χ2v) is 6.93. The lowest BCUT2D eigenvalue weighted by molar-refractivity contribution is 0.0953. The number of carbonyl (C=O) groups excluding carboxylic acids is 2. The highest BCUT2D eigenvalue weighted by molar-refractivity contribution is 6.08. The summed E-state index contributed by atoms with van der Waals surface area (Å²) in [5.41, 5.74) is 3.70. The van der Waals surface area contributed by atoms with Gasteiger partial charge in [0, 0.05) is 31.2 Å². The first-order valence-electron chi connectivity index (χ1n) is 9.49. The molecule has 3 aromatic rings. The third kappa shape index (κ3) is 4.16. The van der Waals surface area contributed by atoms with Crippen LogP contribution in [0, 0.1) is 5.82 Å². The van der Waals surface area contributed by atoms with Crippen LogP contribution in [-0.2, 0) is 12.8 Å². The van der Waals surface area contributed by atoms with Gasteiger partial charge in [-0.1, -0.05) is 30.3 Å². The fourth-order valence-electron chi connectivity index (χ4n) is 3.46. The van der Waals surface area contributed by atoms with Gasteiger partial charge in [-0.25, -0.2) is 4.39 Å². The number of fused-ring (bicyclic) bond motifs is 1. The Kier molecular flexibility index (Phi) is 5.33. The van der Waals surface area contributed by atoms with Gasteiger partial charge < -0.3 is 10.2 Å². The zero-order chi connectivity index (χ0) is 20.2. The molecule has 1 aliphatic rings. The lowest BCUT2D eigenvalue weighted by Crippen LogP contribution is -2.30. The molecular formula is C23H20FN3O2. The molecule has 0 atom stereocenters. The molecule has 0 radical (unpaired) electrons. The number of pyridine rings is 1. The van der Waals surface area contributed by atoms with Gasteiger partial charge in [0.1, 0.15) is 5.82 Å². The van der Waals surface area contributed by atoms with E-state index in [9.17, 15) is 14.0 Å². The molecule has 4 rings (SSSR count). The topological polar surface area (TPSA) is 62.3 Å². The molecule has 6 heteroatoms. The van der Waals surface area contributed by atoms with Crippen molar-refractivity contribution >= 4 is 17.5 Å². The minimum atomic E-state index is -0.295. The molecule has 0 aliphatic carbocycles. The number of carbonyl (C=O) groups is 2. The number of hydrogen-bond donors (Lipinski definition) is 1. The van der Waals surface area contributed by atoms with Crippen molar-refractivity contribution in [3.05, 3.63) is 95.1 Å². The third-order valence-electron chi connectivity index (χ3n) is 4.99. The predicted octanol–water partition coefficient (Wildman–Crippen LogP) is 3.40. The molecule has 0 unspecified atom stereocenters. The summed E-state index contributed by atoms with van der Waals surface area (Å²) < 4.78 is 12.9. The van der Waals surface area contributed by atoms with E-state index in [2.05, 4.69) is 10.3 Å². The molecule has 0 saturated carbocycles. The van der Waals surface area contributed by atoms with E-state index in [1.165, 1.54) is 24.5 Å². The number of nitrogens with one attached hydrogen (secondary N) is 1. The van der Waals surface area contributed by atoms with E-state index in [1.54, 1.807) is 23.1 Å². The number of aromatic nitrogens is 1. The molecule has 0 fully saturated rings. The molecule has 2 aromatic carbocycles. The minimum Gasteiger partial charge on any atom is -0.352 e. The SMILES string of the molecule is O=C(NCCc1ccc(F)cc1)c1cncc(C(=O)N2CCc3ccccc32)c1. The molecule has 0 bridgehead atoms. The highest BCUT2D eigenvalue weighted by Gasteiger charge is 2.25. The maximum atomic E-state index is 12.9. The number of hydrogen-bond acceptors (Lipinski definition) is 3. The molecule has 1 aromatic heterocycles. The van der Waals surface area contributed by atoms with Crippen molar-refractivity contribution in [2.24, 2.45) is 0 Å². The lowest BCUT2D eigenvalue weighted by Gasteiger charge is -2.17. The Hall–Kier alpha value is -3.54. The van der Waals surface area contributed by atoms with Crippen LogP contribution in [0.4, 0.5) is 10.1 Å². The summed E-state index contributed by atoms with van der Waals surface area (Å²) in [7, 11) is 0. The van der Waals surface area contributed by atoms with E-state index in [0.29, 0.717) is 30.6 Å². The summed E-state index contributed by atoms with van der Waals surface area (Å²) in [4.78, 5) is 31.2.